The van der Waals surface area contributed by atoms with Crippen molar-refractivity contribution in [1.29, 1.82) is 0 Å². The van der Waals surface area contributed by atoms with Crippen molar-refractivity contribution in [2.45, 2.75) is 85.4 Å². The molecule has 0 aliphatic carbocycles. The number of benzene rings is 2. The lowest BCUT2D eigenvalue weighted by atomic mass is 9.85. The Morgan fingerprint density at radius 2 is 1.10 bits per heavy atom. The van der Waals surface area contributed by atoms with Crippen LogP contribution in [-0.4, -0.2) is 14.8 Å². The molecule has 0 N–H and O–H groups in total. The summed E-state index contributed by atoms with van der Waals surface area (Å²) in [6, 6.07) is 12.9. The number of hydrogen-bond acceptors (Lipinski definition) is 2. The molecule has 0 saturated carbocycles. The highest BCUT2D eigenvalue weighted by Gasteiger charge is 2.37. The van der Waals surface area contributed by atoms with Gasteiger partial charge in [-0.15, -0.1) is 0 Å². The number of rotatable bonds is 6. The maximum Gasteiger partial charge on any atom is 0.857 e. The first-order valence-corrected chi connectivity index (χ1v) is 12.6. The molecule has 0 bridgehead atoms. The van der Waals surface area contributed by atoms with Gasteiger partial charge in [0.1, 0.15) is 0 Å². The molecular weight excluding hydrogens is 371 g/mol. The quantitative estimate of drug-likeness (QED) is 0.459. The Bertz CT molecular complexity index is 760. The van der Waals surface area contributed by atoms with Crippen molar-refractivity contribution < 1.29 is 7.58 Å². The fourth-order valence-corrected chi connectivity index (χ4v) is 5.73. The second-order valence-corrected chi connectivity index (χ2v) is 12.5. The summed E-state index contributed by atoms with van der Waals surface area (Å²) in [5.74, 6) is 2.56. The molecule has 2 rings (SSSR count). The second-order valence-electron chi connectivity index (χ2n) is 10.7. The van der Waals surface area contributed by atoms with Gasteiger partial charge in [-0.3, -0.25) is 0 Å². The van der Waals surface area contributed by atoms with Crippen molar-refractivity contribution >= 4 is 14.8 Å². The number of aryl methyl sites for hydroxylation is 2. The summed E-state index contributed by atoms with van der Waals surface area (Å²) in [6.45, 7) is 22.2. The molecule has 3 heteroatoms. The van der Waals surface area contributed by atoms with Gasteiger partial charge < -0.3 is 7.58 Å². The normalized spacial score (nSPS) is 12.2. The Morgan fingerprint density at radius 3 is 1.41 bits per heavy atom. The summed E-state index contributed by atoms with van der Waals surface area (Å²) in [5, 5.41) is 0.968. The molecule has 0 fully saturated rings. The van der Waals surface area contributed by atoms with E-state index in [1.54, 1.807) is 0 Å². The first-order chi connectivity index (χ1) is 13.3. The van der Waals surface area contributed by atoms with E-state index in [0.29, 0.717) is 5.92 Å². The zero-order chi connectivity index (χ0) is 22.0. The van der Waals surface area contributed by atoms with Gasteiger partial charge in [-0.2, -0.15) is 0 Å². The Balaban J connectivity index is 2.47. The molecule has 29 heavy (non-hydrogen) atoms. The van der Waals surface area contributed by atoms with E-state index in [1.165, 1.54) is 22.3 Å². The minimum absolute atomic E-state index is 0.0252. The van der Waals surface area contributed by atoms with Crippen LogP contribution in [0.5, 0.6) is 11.5 Å². The molecule has 0 aromatic heterocycles. The summed E-state index contributed by atoms with van der Waals surface area (Å²) in [4.78, 5) is 0. The van der Waals surface area contributed by atoms with E-state index in [0.717, 1.165) is 16.8 Å². The summed E-state index contributed by atoms with van der Waals surface area (Å²) in [7, 11) is 0. The van der Waals surface area contributed by atoms with Crippen LogP contribution in [0.15, 0.2) is 36.4 Å². The fraction of sp³-hybridized carbons (Fsp3) is 0.538. The zero-order valence-electron chi connectivity index (χ0n) is 20.1. The van der Waals surface area contributed by atoms with Crippen molar-refractivity contribution in [3.05, 3.63) is 58.7 Å². The van der Waals surface area contributed by atoms with Gasteiger partial charge in [0.25, 0.3) is 0 Å². The van der Waals surface area contributed by atoms with E-state index >= 15 is 0 Å². The standard InChI is InChI=1S/2C11H16O.C4H9.Al/c2*1-8-6-5-7-9(10(8)12)11(2,3)4;1-4(2)3;/h2*5-7,12H,1-4H3;4H,1H2,2-3H3;/q;;;+2/p-2. The molecule has 0 atom stereocenters. The molecule has 2 aromatic carbocycles. The molecule has 2 aromatic rings. The van der Waals surface area contributed by atoms with Crippen molar-refractivity contribution in [2.24, 2.45) is 5.92 Å². The van der Waals surface area contributed by atoms with Crippen LogP contribution < -0.4 is 7.58 Å². The molecule has 0 spiro atoms. The van der Waals surface area contributed by atoms with Gasteiger partial charge in [0, 0.05) is 0 Å². The zero-order valence-corrected chi connectivity index (χ0v) is 21.3. The molecule has 158 valence electrons. The van der Waals surface area contributed by atoms with Gasteiger partial charge in [0.2, 0.25) is 0 Å². The SMILES string of the molecule is Cc1cccc(C(C)(C)C)c1[O][Al]([CH2]C(C)C)[O]c1c(C)cccc1C(C)(C)C. The Labute approximate surface area is 183 Å². The highest BCUT2D eigenvalue weighted by Crippen LogP contribution is 2.37. The van der Waals surface area contributed by atoms with Crippen molar-refractivity contribution in [3.63, 3.8) is 0 Å². The van der Waals surface area contributed by atoms with Crippen LogP contribution in [0.4, 0.5) is 0 Å². The predicted molar refractivity (Wildman–Crippen MR) is 126 cm³/mol. The maximum atomic E-state index is 6.76. The molecule has 0 saturated heterocycles. The molecule has 2 nitrogen and oxygen atoms in total. The van der Waals surface area contributed by atoms with Crippen molar-refractivity contribution in [2.75, 3.05) is 0 Å². The molecule has 0 radical (unpaired) electrons. The van der Waals surface area contributed by atoms with E-state index in [4.69, 9.17) is 7.58 Å². The van der Waals surface area contributed by atoms with Crippen LogP contribution in [-0.2, 0) is 10.8 Å². The van der Waals surface area contributed by atoms with Crippen LogP contribution in [0.1, 0.15) is 77.6 Å². The Kier molecular flexibility index (Phi) is 7.53. The van der Waals surface area contributed by atoms with E-state index in [1.807, 2.05) is 0 Å². The van der Waals surface area contributed by atoms with Gasteiger partial charge in [-0.25, -0.2) is 0 Å². The Hall–Kier alpha value is -1.43. The van der Waals surface area contributed by atoms with Crippen LogP contribution >= 0.6 is 0 Å². The molecular formula is C26H39AlO2. The summed E-state index contributed by atoms with van der Waals surface area (Å²) < 4.78 is 13.5. The lowest BCUT2D eigenvalue weighted by Crippen LogP contribution is -2.34. The average Bonchev–Trinajstić information content (AvgIpc) is 2.55. The Morgan fingerprint density at radius 1 is 0.724 bits per heavy atom. The minimum atomic E-state index is -2.00. The third-order valence-electron chi connectivity index (χ3n) is 5.20. The maximum absolute atomic E-state index is 6.76. The van der Waals surface area contributed by atoms with E-state index in [9.17, 15) is 0 Å². The van der Waals surface area contributed by atoms with Crippen molar-refractivity contribution in [1.82, 2.24) is 0 Å². The van der Waals surface area contributed by atoms with Gasteiger partial charge >= 0.3 is 14.8 Å². The molecule has 0 heterocycles. The van der Waals surface area contributed by atoms with E-state index in [-0.39, 0.29) is 10.8 Å². The first-order valence-electron chi connectivity index (χ1n) is 10.8. The van der Waals surface area contributed by atoms with E-state index in [2.05, 4.69) is 106 Å². The fourth-order valence-electron chi connectivity index (χ4n) is 3.57. The molecule has 0 amide bonds. The summed E-state index contributed by atoms with van der Waals surface area (Å²) in [5.41, 5.74) is 4.92. The lowest BCUT2D eigenvalue weighted by Gasteiger charge is -2.29. The minimum Gasteiger partial charge on any atom is -0.611 e. The van der Waals surface area contributed by atoms with Crippen LogP contribution in [0.3, 0.4) is 0 Å². The highest BCUT2D eigenvalue weighted by molar-refractivity contribution is 6.46. The highest BCUT2D eigenvalue weighted by atomic mass is 27.2. The molecule has 0 unspecified atom stereocenters. The topological polar surface area (TPSA) is 18.5 Å². The van der Waals surface area contributed by atoms with Gasteiger partial charge in [-0.1, -0.05) is 97.7 Å². The van der Waals surface area contributed by atoms with Crippen LogP contribution in [0, 0.1) is 19.8 Å². The summed E-state index contributed by atoms with van der Waals surface area (Å²) in [6.07, 6.45) is 0. The van der Waals surface area contributed by atoms with Gasteiger partial charge in [0.15, 0.2) is 0 Å². The van der Waals surface area contributed by atoms with Crippen LogP contribution in [0.25, 0.3) is 0 Å². The predicted octanol–water partition coefficient (Wildman–Crippen LogP) is 7.50. The summed E-state index contributed by atoms with van der Waals surface area (Å²) >= 11 is -2.00. The van der Waals surface area contributed by atoms with E-state index < -0.39 is 14.8 Å². The number of hydrogen-bond donors (Lipinski definition) is 0. The third-order valence-corrected chi connectivity index (χ3v) is 7.53. The largest absolute Gasteiger partial charge is 0.857 e. The van der Waals surface area contributed by atoms with Gasteiger partial charge in [-0.05, 0) is 52.2 Å². The first kappa shape index (κ1) is 23.8. The van der Waals surface area contributed by atoms with Crippen molar-refractivity contribution in [3.8, 4) is 11.5 Å². The van der Waals surface area contributed by atoms with Crippen LogP contribution in [0.2, 0.25) is 5.28 Å². The number of para-hydroxylation sites is 2. The molecule has 0 aliphatic rings. The smallest absolute Gasteiger partial charge is 0.611 e. The monoisotopic (exact) mass is 410 g/mol. The average molecular weight is 411 g/mol. The third kappa shape index (κ3) is 6.27. The molecule has 0 aliphatic heterocycles. The second kappa shape index (κ2) is 9.15. The van der Waals surface area contributed by atoms with Gasteiger partial charge in [0.05, 0.1) is 11.5 Å². The lowest BCUT2D eigenvalue weighted by molar-refractivity contribution is 0.390.